The number of benzene rings is 2. The molecule has 2 aliphatic heterocycles. The second kappa shape index (κ2) is 9.98. The summed E-state index contributed by atoms with van der Waals surface area (Å²) in [5.74, 6) is -2.56. The number of alkyl halides is 3. The van der Waals surface area contributed by atoms with Gasteiger partial charge in [-0.15, -0.1) is 0 Å². The number of allylic oxidation sites excluding steroid dienone is 3. The van der Waals surface area contributed by atoms with Crippen LogP contribution >= 0.6 is 11.6 Å². The number of likely N-dealkylation sites (tertiary alicyclic amines) is 1. The second-order valence-electron chi connectivity index (χ2n) is 9.57. The number of nitrogens with zero attached hydrogens (tertiary/aromatic N) is 2. The van der Waals surface area contributed by atoms with Gasteiger partial charge >= 0.3 is 6.18 Å². The highest BCUT2D eigenvalue weighted by molar-refractivity contribution is 6.30. The maximum Gasteiger partial charge on any atom is 0.412 e. The molecule has 0 N–H and O–H groups in total. The number of carbonyl (C=O) groups excluding carboxylic acids is 1. The van der Waals surface area contributed by atoms with E-state index >= 15 is 0 Å². The zero-order chi connectivity index (χ0) is 26.3. The predicted octanol–water partition coefficient (Wildman–Crippen LogP) is 7.07. The van der Waals surface area contributed by atoms with Crippen LogP contribution in [0.2, 0.25) is 5.02 Å². The molecule has 1 amide bonds. The molecule has 3 nitrogen and oxygen atoms in total. The second-order valence-corrected chi connectivity index (χ2v) is 10.0. The molecular weight excluding hydrogens is 499 g/mol. The largest absolute Gasteiger partial charge is 0.412 e. The Morgan fingerprint density at radius 1 is 1.06 bits per heavy atom. The van der Waals surface area contributed by atoms with Gasteiger partial charge < -0.3 is 4.90 Å². The quantitative estimate of drug-likeness (QED) is 0.315. The van der Waals surface area contributed by atoms with Gasteiger partial charge in [0, 0.05) is 34.8 Å². The zero-order valence-electron chi connectivity index (χ0n) is 19.9. The first-order valence-corrected chi connectivity index (χ1v) is 12.0. The van der Waals surface area contributed by atoms with E-state index in [0.29, 0.717) is 43.2 Å². The standard InChI is InChI=1S/C27H26ClF5N2O/c1-17(6-7-18(2)27(31,32)33)15-34-12-10-26(11-13-34)16-35(23-9-8-19(28)14-20(23)26)25(36)24-21(29)4-3-5-22(24)30/h3-9,14H,10-13,15-16H2,1-2H3/b17-6+,18-7+. The summed E-state index contributed by atoms with van der Waals surface area (Å²) < 4.78 is 67.0. The first-order chi connectivity index (χ1) is 16.9. The highest BCUT2D eigenvalue weighted by Gasteiger charge is 2.47. The van der Waals surface area contributed by atoms with E-state index in [2.05, 4.69) is 4.90 Å². The van der Waals surface area contributed by atoms with Crippen LogP contribution in [0, 0.1) is 11.6 Å². The molecule has 2 aromatic carbocycles. The molecule has 1 saturated heterocycles. The molecule has 0 bridgehead atoms. The van der Waals surface area contributed by atoms with Crippen LogP contribution < -0.4 is 4.90 Å². The Balaban J connectivity index is 1.54. The predicted molar refractivity (Wildman–Crippen MR) is 130 cm³/mol. The maximum atomic E-state index is 14.4. The molecule has 0 aromatic heterocycles. The highest BCUT2D eigenvalue weighted by atomic mass is 35.5. The van der Waals surface area contributed by atoms with Crippen LogP contribution in [-0.4, -0.2) is 43.2 Å². The van der Waals surface area contributed by atoms with Crippen molar-refractivity contribution in [2.45, 2.75) is 38.3 Å². The third kappa shape index (κ3) is 5.20. The van der Waals surface area contributed by atoms with Crippen molar-refractivity contribution in [1.82, 2.24) is 4.90 Å². The van der Waals surface area contributed by atoms with Crippen molar-refractivity contribution >= 4 is 23.2 Å². The molecule has 0 radical (unpaired) electrons. The van der Waals surface area contributed by atoms with Crippen molar-refractivity contribution < 1.29 is 26.7 Å². The Morgan fingerprint density at radius 3 is 2.31 bits per heavy atom. The Morgan fingerprint density at radius 2 is 1.69 bits per heavy atom. The number of hydrogen-bond acceptors (Lipinski definition) is 2. The van der Waals surface area contributed by atoms with E-state index in [4.69, 9.17) is 11.6 Å². The van der Waals surface area contributed by atoms with Crippen molar-refractivity contribution in [3.05, 3.63) is 87.5 Å². The first-order valence-electron chi connectivity index (χ1n) is 11.6. The van der Waals surface area contributed by atoms with Gasteiger partial charge in [-0.25, -0.2) is 8.78 Å². The molecular formula is C27H26ClF5N2O. The first kappa shape index (κ1) is 26.4. The minimum atomic E-state index is -4.35. The monoisotopic (exact) mass is 524 g/mol. The molecule has 1 fully saturated rings. The fraction of sp³-hybridized carbons (Fsp3) is 0.370. The normalized spacial score (nSPS) is 18.6. The van der Waals surface area contributed by atoms with Crippen molar-refractivity contribution in [3.8, 4) is 0 Å². The van der Waals surface area contributed by atoms with Crippen LogP contribution in [-0.2, 0) is 5.41 Å². The summed E-state index contributed by atoms with van der Waals surface area (Å²) in [7, 11) is 0. The lowest BCUT2D eigenvalue weighted by molar-refractivity contribution is -0.0913. The summed E-state index contributed by atoms with van der Waals surface area (Å²) in [5, 5.41) is 0.507. The third-order valence-electron chi connectivity index (χ3n) is 7.05. The van der Waals surface area contributed by atoms with E-state index in [1.165, 1.54) is 17.0 Å². The van der Waals surface area contributed by atoms with Crippen molar-refractivity contribution in [3.63, 3.8) is 0 Å². The van der Waals surface area contributed by atoms with E-state index in [-0.39, 0.29) is 6.54 Å². The van der Waals surface area contributed by atoms with Gasteiger partial charge in [-0.05, 0) is 75.7 Å². The topological polar surface area (TPSA) is 23.6 Å². The molecule has 1 spiro atoms. The molecule has 0 atom stereocenters. The van der Waals surface area contributed by atoms with Crippen LogP contribution in [0.15, 0.2) is 59.7 Å². The Hall–Kier alpha value is -2.71. The average Bonchev–Trinajstić information content (AvgIpc) is 3.11. The fourth-order valence-corrected chi connectivity index (χ4v) is 5.17. The lowest BCUT2D eigenvalue weighted by Gasteiger charge is -2.40. The lowest BCUT2D eigenvalue weighted by atomic mass is 9.74. The average molecular weight is 525 g/mol. The van der Waals surface area contributed by atoms with Crippen molar-refractivity contribution in [1.29, 1.82) is 0 Å². The van der Waals surface area contributed by atoms with Crippen LogP contribution in [0.3, 0.4) is 0 Å². The van der Waals surface area contributed by atoms with E-state index in [0.717, 1.165) is 36.3 Å². The van der Waals surface area contributed by atoms with Crippen LogP contribution in [0.4, 0.5) is 27.6 Å². The number of piperidine rings is 1. The van der Waals surface area contributed by atoms with Gasteiger partial charge in [-0.1, -0.05) is 35.4 Å². The minimum absolute atomic E-state index is 0.269. The number of fused-ring (bicyclic) bond motifs is 2. The summed E-state index contributed by atoms with van der Waals surface area (Å²) in [6.07, 6.45) is -0.452. The Kier molecular flexibility index (Phi) is 7.30. The van der Waals surface area contributed by atoms with Crippen molar-refractivity contribution in [2.24, 2.45) is 0 Å². The van der Waals surface area contributed by atoms with E-state index in [9.17, 15) is 26.7 Å². The molecule has 2 heterocycles. The van der Waals surface area contributed by atoms with Gasteiger partial charge in [-0.3, -0.25) is 9.69 Å². The summed E-state index contributed by atoms with van der Waals surface area (Å²) >= 11 is 6.28. The molecule has 36 heavy (non-hydrogen) atoms. The van der Waals surface area contributed by atoms with Crippen LogP contribution in [0.25, 0.3) is 0 Å². The SMILES string of the molecule is C/C(=C\C=C(/C)C(F)(F)F)CN1CCC2(CC1)CN(C(=O)c1c(F)cccc1F)c1ccc(Cl)cc12. The number of hydrogen-bond donors (Lipinski definition) is 0. The van der Waals surface area contributed by atoms with E-state index < -0.39 is 40.3 Å². The smallest absolute Gasteiger partial charge is 0.307 e. The molecule has 0 unspecified atom stereocenters. The molecule has 0 saturated carbocycles. The fourth-order valence-electron chi connectivity index (χ4n) is 4.99. The molecule has 192 valence electrons. The van der Waals surface area contributed by atoms with Crippen molar-refractivity contribution in [2.75, 3.05) is 31.1 Å². The van der Waals surface area contributed by atoms with E-state index in [1.807, 2.05) is 6.07 Å². The summed E-state index contributed by atoms with van der Waals surface area (Å²) in [5.41, 5.74) is 0.584. The number of amides is 1. The Labute approximate surface area is 211 Å². The van der Waals surface area contributed by atoms with Gasteiger partial charge in [0.1, 0.15) is 17.2 Å². The van der Waals surface area contributed by atoms with E-state index in [1.54, 1.807) is 19.1 Å². The summed E-state index contributed by atoms with van der Waals surface area (Å²) in [6, 6.07) is 8.50. The van der Waals surface area contributed by atoms with Gasteiger partial charge in [0.2, 0.25) is 0 Å². The highest BCUT2D eigenvalue weighted by Crippen LogP contribution is 2.48. The van der Waals surface area contributed by atoms with Crippen LogP contribution in [0.1, 0.15) is 42.6 Å². The summed E-state index contributed by atoms with van der Waals surface area (Å²) in [4.78, 5) is 16.9. The van der Waals surface area contributed by atoms with Gasteiger partial charge in [0.05, 0.1) is 0 Å². The van der Waals surface area contributed by atoms with Gasteiger partial charge in [0.25, 0.3) is 5.91 Å². The number of rotatable bonds is 4. The number of halogens is 6. The molecule has 0 aliphatic carbocycles. The summed E-state index contributed by atoms with van der Waals surface area (Å²) in [6.45, 7) is 4.91. The molecule has 4 rings (SSSR count). The molecule has 9 heteroatoms. The third-order valence-corrected chi connectivity index (χ3v) is 7.29. The lowest BCUT2D eigenvalue weighted by Crippen LogP contribution is -2.46. The molecule has 2 aromatic rings. The van der Waals surface area contributed by atoms with Gasteiger partial charge in [-0.2, -0.15) is 13.2 Å². The number of carbonyl (C=O) groups is 1. The van der Waals surface area contributed by atoms with Crippen LogP contribution in [0.5, 0.6) is 0 Å². The zero-order valence-corrected chi connectivity index (χ0v) is 20.7. The maximum absolute atomic E-state index is 14.4. The van der Waals surface area contributed by atoms with Gasteiger partial charge in [0.15, 0.2) is 0 Å². The minimum Gasteiger partial charge on any atom is -0.307 e. The molecule has 2 aliphatic rings. The number of anilines is 1. The Bertz CT molecular complexity index is 1210.